The number of carbonyl (C=O) groups excluding carboxylic acids is 3. The Bertz CT molecular complexity index is 1980. The van der Waals surface area contributed by atoms with Gasteiger partial charge in [-0.15, -0.1) is 0 Å². The molecule has 4 aliphatic rings. The van der Waals surface area contributed by atoms with E-state index in [4.69, 9.17) is 14.7 Å². The molecule has 9 nitrogen and oxygen atoms in total. The Kier molecular flexibility index (Phi) is 10.7. The number of imide groups is 1. The minimum atomic E-state index is -0.334. The molecule has 0 aromatic carbocycles. The summed E-state index contributed by atoms with van der Waals surface area (Å²) in [5, 5.41) is 0. The van der Waals surface area contributed by atoms with Crippen LogP contribution in [0.5, 0.6) is 0 Å². The van der Waals surface area contributed by atoms with Crippen molar-refractivity contribution in [2.45, 2.75) is 124 Å². The zero-order chi connectivity index (χ0) is 36.6. The Labute approximate surface area is 301 Å². The molecule has 6 heterocycles. The average Bonchev–Trinajstić information content (AvgIpc) is 3.79. The molecule has 2 N–H and O–H groups in total. The second kappa shape index (κ2) is 15.0. The van der Waals surface area contributed by atoms with Gasteiger partial charge in [-0.1, -0.05) is 66.5 Å². The number of carbonyl (C=O) groups is 3. The van der Waals surface area contributed by atoms with Gasteiger partial charge in [-0.2, -0.15) is 0 Å². The number of fused-ring (bicyclic) bond motifs is 8. The van der Waals surface area contributed by atoms with Crippen LogP contribution in [0, 0.1) is 6.92 Å². The van der Waals surface area contributed by atoms with Crippen molar-refractivity contribution in [2.24, 2.45) is 0 Å². The number of allylic oxidation sites excluding steroid dienone is 3. The van der Waals surface area contributed by atoms with Crippen molar-refractivity contribution in [3.05, 3.63) is 81.7 Å². The number of amides is 2. The van der Waals surface area contributed by atoms with Crippen molar-refractivity contribution in [3.8, 4) is 0 Å². The first-order valence-corrected chi connectivity index (χ1v) is 19.0. The van der Waals surface area contributed by atoms with Gasteiger partial charge in [0.05, 0.1) is 40.3 Å². The number of ether oxygens (including phenoxy) is 1. The highest BCUT2D eigenvalue weighted by Crippen LogP contribution is 2.45. The Morgan fingerprint density at radius 3 is 2.37 bits per heavy atom. The summed E-state index contributed by atoms with van der Waals surface area (Å²) in [6.07, 6.45) is 7.96. The van der Waals surface area contributed by atoms with Gasteiger partial charge in [0.1, 0.15) is 0 Å². The molecule has 0 aliphatic carbocycles. The lowest BCUT2D eigenvalue weighted by molar-refractivity contribution is -0.143. The molecule has 0 radical (unpaired) electrons. The van der Waals surface area contributed by atoms with Gasteiger partial charge >= 0.3 is 5.97 Å². The molecule has 6 rings (SSSR count). The SMILES string of the molecule is C=CC1=C(C)c2cc3nc(c4c5[nH]c(cc6[nH]c(cc1n2)[C@H](C)[C@H]6CC)c(C)c5C(=O)N(CCCCCC)C4=O)[C@@H](CCC(=O)OCCC)[C@@H]3C. The predicted octanol–water partition coefficient (Wildman–Crippen LogP) is 9.56. The maximum absolute atomic E-state index is 14.7. The summed E-state index contributed by atoms with van der Waals surface area (Å²) < 4.78 is 5.46. The molecule has 0 fully saturated rings. The summed E-state index contributed by atoms with van der Waals surface area (Å²) in [6, 6.07) is 6.28. The molecule has 0 saturated heterocycles. The van der Waals surface area contributed by atoms with E-state index in [1.807, 2.05) is 26.0 Å². The standard InChI is InChI=1S/C42H53N5O4/c1-9-13-14-15-18-47-41(49)37-26(8)33-22-35-28(12-4)24(6)31(44-35)21-34-27(11-3)23(5)30(43-34)20-32-25(7)29(16-17-36(48)51-19-10-2)39(45-32)38(42(47)50)40(37)46-33/h11,20-22,24-25,28-29,44,46H,3,9-10,12-19H2,1-2,4-8H3/t24-,25+,28-,29+/m1/s1. The Balaban J connectivity index is 1.68. The lowest BCUT2D eigenvalue weighted by atomic mass is 9.84. The third kappa shape index (κ3) is 6.56. The third-order valence-electron chi connectivity index (χ3n) is 11.4. The number of aryl methyl sites for hydroxylation is 1. The van der Waals surface area contributed by atoms with E-state index in [-0.39, 0.29) is 47.9 Å². The zero-order valence-corrected chi connectivity index (χ0v) is 31.4. The maximum atomic E-state index is 14.7. The molecule has 51 heavy (non-hydrogen) atoms. The third-order valence-corrected chi connectivity index (χ3v) is 11.4. The molecule has 0 saturated carbocycles. The second-order valence-corrected chi connectivity index (χ2v) is 14.6. The molecule has 270 valence electrons. The van der Waals surface area contributed by atoms with E-state index in [0.717, 1.165) is 89.2 Å². The summed E-state index contributed by atoms with van der Waals surface area (Å²) in [5.74, 6) is -0.804. The second-order valence-electron chi connectivity index (χ2n) is 14.6. The maximum Gasteiger partial charge on any atom is 0.305 e. The summed E-state index contributed by atoms with van der Waals surface area (Å²) in [4.78, 5) is 60.9. The van der Waals surface area contributed by atoms with Gasteiger partial charge in [0, 0.05) is 64.8 Å². The van der Waals surface area contributed by atoms with E-state index >= 15 is 0 Å². The normalized spacial score (nSPS) is 20.6. The number of hydrogen-bond acceptors (Lipinski definition) is 6. The van der Waals surface area contributed by atoms with Crippen LogP contribution in [0.2, 0.25) is 0 Å². The predicted molar refractivity (Wildman–Crippen MR) is 202 cm³/mol. The fourth-order valence-corrected chi connectivity index (χ4v) is 8.24. The first-order valence-electron chi connectivity index (χ1n) is 19.0. The van der Waals surface area contributed by atoms with Crippen molar-refractivity contribution in [2.75, 3.05) is 13.2 Å². The molecular weight excluding hydrogens is 638 g/mol. The van der Waals surface area contributed by atoms with Gasteiger partial charge in [-0.25, -0.2) is 4.98 Å². The van der Waals surface area contributed by atoms with Gasteiger partial charge in [0.2, 0.25) is 0 Å². The highest BCUT2D eigenvalue weighted by molar-refractivity contribution is 6.23. The van der Waals surface area contributed by atoms with Crippen molar-refractivity contribution < 1.29 is 19.1 Å². The van der Waals surface area contributed by atoms with E-state index < -0.39 is 0 Å². The molecular formula is C42H53N5O4. The largest absolute Gasteiger partial charge is 0.466 e. The van der Waals surface area contributed by atoms with E-state index in [1.165, 1.54) is 4.90 Å². The summed E-state index contributed by atoms with van der Waals surface area (Å²) >= 11 is 0. The number of unbranched alkanes of at least 4 members (excludes halogenated alkanes) is 3. The van der Waals surface area contributed by atoms with E-state index in [9.17, 15) is 14.4 Å². The van der Waals surface area contributed by atoms with Crippen molar-refractivity contribution in [3.63, 3.8) is 0 Å². The van der Waals surface area contributed by atoms with Crippen molar-refractivity contribution in [1.82, 2.24) is 24.8 Å². The molecule has 0 spiro atoms. The van der Waals surface area contributed by atoms with Crippen LogP contribution in [0.25, 0.3) is 22.2 Å². The molecule has 9 heteroatoms. The minimum absolute atomic E-state index is 0.125. The van der Waals surface area contributed by atoms with Crippen LogP contribution in [0.3, 0.4) is 0 Å². The topological polar surface area (TPSA) is 121 Å². The van der Waals surface area contributed by atoms with Crippen molar-refractivity contribution >= 4 is 40.0 Å². The number of hydrogen-bond donors (Lipinski definition) is 2. The lowest BCUT2D eigenvalue weighted by Gasteiger charge is -2.27. The quantitative estimate of drug-likeness (QED) is 0.130. The van der Waals surface area contributed by atoms with E-state index in [0.29, 0.717) is 41.9 Å². The van der Waals surface area contributed by atoms with Crippen LogP contribution in [0.15, 0.2) is 30.9 Å². The zero-order valence-electron chi connectivity index (χ0n) is 31.4. The number of H-pyrrole nitrogens is 2. The number of aromatic nitrogens is 4. The molecule has 4 atom stereocenters. The first kappa shape index (κ1) is 36.3. The van der Waals surface area contributed by atoms with Gasteiger partial charge < -0.3 is 14.7 Å². The van der Waals surface area contributed by atoms with Crippen LogP contribution < -0.4 is 0 Å². The summed E-state index contributed by atoms with van der Waals surface area (Å²) in [5.41, 5.74) is 10.2. The highest BCUT2D eigenvalue weighted by atomic mass is 16.5. The Hall–Kier alpha value is -4.53. The molecule has 2 aromatic rings. The van der Waals surface area contributed by atoms with Crippen LogP contribution in [0.4, 0.5) is 0 Å². The fraction of sp³-hybridized carbons (Fsp3) is 0.500. The summed E-state index contributed by atoms with van der Waals surface area (Å²) in [7, 11) is 0. The number of aromatic amines is 2. The Morgan fingerprint density at radius 1 is 0.902 bits per heavy atom. The monoisotopic (exact) mass is 691 g/mol. The van der Waals surface area contributed by atoms with E-state index in [2.05, 4.69) is 63.3 Å². The van der Waals surface area contributed by atoms with Crippen LogP contribution >= 0.6 is 0 Å². The number of nitrogens with zero attached hydrogens (tertiary/aromatic N) is 3. The fourth-order valence-electron chi connectivity index (χ4n) is 8.24. The molecule has 8 bridgehead atoms. The van der Waals surface area contributed by atoms with Gasteiger partial charge in [0.15, 0.2) is 0 Å². The molecule has 2 aromatic heterocycles. The number of esters is 1. The molecule has 0 unspecified atom stereocenters. The van der Waals surface area contributed by atoms with Crippen LogP contribution in [0.1, 0.15) is 177 Å². The van der Waals surface area contributed by atoms with Crippen molar-refractivity contribution in [1.29, 1.82) is 0 Å². The number of nitrogens with one attached hydrogen (secondary N) is 2. The lowest BCUT2D eigenvalue weighted by Crippen LogP contribution is -2.41. The van der Waals surface area contributed by atoms with Gasteiger partial charge in [0.25, 0.3) is 11.8 Å². The average molecular weight is 692 g/mol. The molecule has 2 amide bonds. The first-order chi connectivity index (χ1) is 24.5. The smallest absolute Gasteiger partial charge is 0.305 e. The highest BCUT2D eigenvalue weighted by Gasteiger charge is 2.41. The van der Waals surface area contributed by atoms with Crippen LogP contribution in [-0.2, 0) is 9.53 Å². The van der Waals surface area contributed by atoms with E-state index in [1.54, 1.807) is 0 Å². The number of rotatable bonds is 12. The van der Waals surface area contributed by atoms with Crippen LogP contribution in [-0.4, -0.2) is 55.8 Å². The molecule has 4 aliphatic heterocycles. The Morgan fingerprint density at radius 2 is 1.67 bits per heavy atom. The van der Waals surface area contributed by atoms with Gasteiger partial charge in [-0.05, 0) is 68.9 Å². The van der Waals surface area contributed by atoms with Gasteiger partial charge in [-0.3, -0.25) is 24.3 Å². The summed E-state index contributed by atoms with van der Waals surface area (Å²) in [6.45, 7) is 19.5. The minimum Gasteiger partial charge on any atom is -0.466 e.